The van der Waals surface area contributed by atoms with Gasteiger partial charge in [-0.3, -0.25) is 19.2 Å². The van der Waals surface area contributed by atoms with Crippen LogP contribution in [0.5, 0.6) is 0 Å². The van der Waals surface area contributed by atoms with Crippen LogP contribution in [0.15, 0.2) is 72.8 Å². The molecule has 0 aliphatic carbocycles. The number of carbonyl (C=O) groups excluding carboxylic acids is 6. The van der Waals surface area contributed by atoms with Crippen LogP contribution in [0.2, 0.25) is 0 Å². The minimum atomic E-state index is -0.584. The van der Waals surface area contributed by atoms with Crippen LogP contribution in [0, 0.1) is 0 Å². The molecule has 0 amide bonds. The number of esters is 5. The molecule has 1 unspecified atom stereocenters. The van der Waals surface area contributed by atoms with Crippen molar-refractivity contribution in [3.8, 4) is 0 Å². The van der Waals surface area contributed by atoms with Gasteiger partial charge >= 0.3 is 29.8 Å². The number of hydrogen-bond acceptors (Lipinski definition) is 17. The van der Waals surface area contributed by atoms with Crippen molar-refractivity contribution in [2.75, 3.05) is 120 Å². The first-order valence-electron chi connectivity index (χ1n) is 23.1. The lowest BCUT2D eigenvalue weighted by Gasteiger charge is -2.23. The van der Waals surface area contributed by atoms with Crippen molar-refractivity contribution in [3.63, 3.8) is 0 Å². The molecule has 0 aliphatic rings. The van der Waals surface area contributed by atoms with Crippen LogP contribution in [0.25, 0.3) is 0 Å². The molecule has 17 nitrogen and oxygen atoms in total. The Hall–Kier alpha value is -6.04. The third kappa shape index (κ3) is 21.0. The summed E-state index contributed by atoms with van der Waals surface area (Å²) in [5.41, 5.74) is 4.15. The number of carbonyl (C=O) groups is 6. The first kappa shape index (κ1) is 55.3. The maximum absolute atomic E-state index is 12.7. The van der Waals surface area contributed by atoms with E-state index >= 15 is 0 Å². The summed E-state index contributed by atoms with van der Waals surface area (Å²) in [6.07, 6.45) is -0.149. The molecule has 0 aliphatic heterocycles. The Morgan fingerprint density at radius 2 is 0.761 bits per heavy atom. The molecule has 3 aromatic rings. The van der Waals surface area contributed by atoms with Crippen molar-refractivity contribution in [2.24, 2.45) is 0 Å². The van der Waals surface area contributed by atoms with E-state index < -0.39 is 24.0 Å². The average molecular weight is 936 g/mol. The SMILES string of the molecule is CCOC(=O)c1ccc(N(CC)CCC(=O)OCCOCC(COCCOC(=O)CCN(CC)c2ccc(C(C)=O)cc2)OCCOC(=O)CCN(CC)c2ccc(C(=O)OCC)cc2)cc1. The van der Waals surface area contributed by atoms with Crippen molar-refractivity contribution < 1.29 is 66.7 Å². The minimum absolute atomic E-state index is 0.00904. The van der Waals surface area contributed by atoms with Crippen LogP contribution in [-0.2, 0) is 52.3 Å². The monoisotopic (exact) mass is 935 g/mol. The highest BCUT2D eigenvalue weighted by Gasteiger charge is 2.16. The summed E-state index contributed by atoms with van der Waals surface area (Å²) in [6.45, 7) is 15.2. The zero-order valence-corrected chi connectivity index (χ0v) is 40.0. The molecule has 0 saturated heterocycles. The second kappa shape index (κ2) is 31.8. The Balaban J connectivity index is 1.43. The zero-order chi connectivity index (χ0) is 48.8. The summed E-state index contributed by atoms with van der Waals surface area (Å²) in [4.78, 5) is 79.5. The van der Waals surface area contributed by atoms with Crippen molar-refractivity contribution in [3.05, 3.63) is 89.5 Å². The van der Waals surface area contributed by atoms with E-state index in [1.165, 1.54) is 6.92 Å². The molecule has 67 heavy (non-hydrogen) atoms. The fourth-order valence-electron chi connectivity index (χ4n) is 6.63. The summed E-state index contributed by atoms with van der Waals surface area (Å²) in [5.74, 6) is -1.97. The molecular weight excluding hydrogens is 867 g/mol. The molecule has 17 heteroatoms. The van der Waals surface area contributed by atoms with Crippen LogP contribution in [0.4, 0.5) is 17.1 Å². The third-order valence-corrected chi connectivity index (χ3v) is 10.3. The molecule has 0 bridgehead atoms. The second-order valence-electron chi connectivity index (χ2n) is 14.9. The Kier molecular flexibility index (Phi) is 26.2. The van der Waals surface area contributed by atoms with Gasteiger partial charge in [-0.2, -0.15) is 0 Å². The molecule has 0 N–H and O–H groups in total. The first-order valence-corrected chi connectivity index (χ1v) is 23.1. The lowest BCUT2D eigenvalue weighted by Crippen LogP contribution is -2.30. The molecule has 0 heterocycles. The van der Waals surface area contributed by atoms with E-state index in [-0.39, 0.29) is 96.4 Å². The number of benzene rings is 3. The van der Waals surface area contributed by atoms with Gasteiger partial charge < -0.3 is 52.6 Å². The van der Waals surface area contributed by atoms with Gasteiger partial charge in [0.15, 0.2) is 5.78 Å². The number of ketones is 1. The molecule has 368 valence electrons. The van der Waals surface area contributed by atoms with E-state index in [0.717, 1.165) is 17.1 Å². The third-order valence-electron chi connectivity index (χ3n) is 10.3. The molecule has 0 spiro atoms. The van der Waals surface area contributed by atoms with E-state index in [1.54, 1.807) is 50.2 Å². The summed E-state index contributed by atoms with van der Waals surface area (Å²) in [7, 11) is 0. The van der Waals surface area contributed by atoms with Crippen molar-refractivity contribution in [1.29, 1.82) is 0 Å². The smallest absolute Gasteiger partial charge is 0.338 e. The van der Waals surface area contributed by atoms with Crippen molar-refractivity contribution in [1.82, 2.24) is 0 Å². The molecule has 0 aromatic heterocycles. The van der Waals surface area contributed by atoms with E-state index in [0.29, 0.717) is 62.6 Å². The van der Waals surface area contributed by atoms with E-state index in [2.05, 4.69) is 0 Å². The largest absolute Gasteiger partial charge is 0.463 e. The Bertz CT molecular complexity index is 1940. The molecule has 1 atom stereocenters. The highest BCUT2D eigenvalue weighted by atomic mass is 16.6. The summed E-state index contributed by atoms with van der Waals surface area (Å²) >= 11 is 0. The molecule has 3 rings (SSSR count). The standard InChI is InChI=1S/C50H69N3O14/c1-7-51(42-18-12-39(13-19-42)38(6)54)27-24-46(55)65-32-30-60-36-45(64-34-35-67-48(57)26-29-53(9-3)44-22-16-41(17-23-44)50(59)63-11-5)37-61-31-33-66-47(56)25-28-52(8-2)43-20-14-40(15-21-43)49(58)62-10-4/h12-23,45H,7-11,24-37H2,1-6H3. The maximum Gasteiger partial charge on any atom is 0.338 e. The quantitative estimate of drug-likeness (QED) is 0.0279. The van der Waals surface area contributed by atoms with Gasteiger partial charge in [0.05, 0.1) is 76.6 Å². The molecule has 3 aromatic carbocycles. The molecular formula is C50H69N3O14. The lowest BCUT2D eigenvalue weighted by atomic mass is 10.1. The zero-order valence-electron chi connectivity index (χ0n) is 40.0. The van der Waals surface area contributed by atoms with E-state index in [4.69, 9.17) is 37.9 Å². The maximum atomic E-state index is 12.7. The van der Waals surface area contributed by atoms with Gasteiger partial charge in [-0.25, -0.2) is 9.59 Å². The van der Waals surface area contributed by atoms with Gasteiger partial charge in [-0.15, -0.1) is 0 Å². The fourth-order valence-corrected chi connectivity index (χ4v) is 6.63. The molecule has 0 radical (unpaired) electrons. The number of nitrogens with zero attached hydrogens (tertiary/aromatic N) is 3. The molecule has 0 fully saturated rings. The number of hydrogen-bond donors (Lipinski definition) is 0. The summed E-state index contributed by atoms with van der Waals surface area (Å²) in [5, 5.41) is 0. The van der Waals surface area contributed by atoms with Crippen LogP contribution in [-0.4, -0.2) is 147 Å². The second-order valence-corrected chi connectivity index (χ2v) is 14.9. The number of ether oxygens (including phenoxy) is 8. The van der Waals surface area contributed by atoms with Gasteiger partial charge in [0.2, 0.25) is 0 Å². The van der Waals surface area contributed by atoms with E-state index in [1.807, 2.05) is 71.9 Å². The van der Waals surface area contributed by atoms with Gasteiger partial charge in [-0.1, -0.05) is 0 Å². The summed E-state index contributed by atoms with van der Waals surface area (Å²) < 4.78 is 43.9. The van der Waals surface area contributed by atoms with Crippen molar-refractivity contribution >= 4 is 52.7 Å². The van der Waals surface area contributed by atoms with Crippen molar-refractivity contribution in [2.45, 2.75) is 66.9 Å². The Morgan fingerprint density at radius 3 is 1.07 bits per heavy atom. The summed E-state index contributed by atoms with van der Waals surface area (Å²) in [6, 6.07) is 21.3. The van der Waals surface area contributed by atoms with Gasteiger partial charge in [0.1, 0.15) is 25.9 Å². The highest BCUT2D eigenvalue weighted by Crippen LogP contribution is 2.19. The predicted octanol–water partition coefficient (Wildman–Crippen LogP) is 6.34. The lowest BCUT2D eigenvalue weighted by molar-refractivity contribution is -0.150. The average Bonchev–Trinajstić information content (AvgIpc) is 3.33. The van der Waals surface area contributed by atoms with Crippen LogP contribution in [0.3, 0.4) is 0 Å². The van der Waals surface area contributed by atoms with Gasteiger partial charge in [0, 0.05) is 61.9 Å². The van der Waals surface area contributed by atoms with Crippen LogP contribution in [0.1, 0.15) is 91.9 Å². The number of rotatable bonds is 34. The fraction of sp³-hybridized carbons (Fsp3) is 0.520. The Labute approximate surface area is 394 Å². The molecule has 0 saturated carbocycles. The Morgan fingerprint density at radius 1 is 0.433 bits per heavy atom. The minimum Gasteiger partial charge on any atom is -0.463 e. The van der Waals surface area contributed by atoms with Crippen LogP contribution >= 0.6 is 0 Å². The topological polar surface area (TPSA) is 186 Å². The van der Waals surface area contributed by atoms with Gasteiger partial charge in [0.25, 0.3) is 0 Å². The normalized spacial score (nSPS) is 11.3. The highest BCUT2D eigenvalue weighted by molar-refractivity contribution is 5.94. The van der Waals surface area contributed by atoms with E-state index in [9.17, 15) is 28.8 Å². The number of Topliss-reactive ketones (excluding diaryl/α,β-unsaturated/α-hetero) is 1. The number of anilines is 3. The van der Waals surface area contributed by atoms with Crippen LogP contribution < -0.4 is 14.7 Å². The predicted molar refractivity (Wildman–Crippen MR) is 253 cm³/mol. The van der Waals surface area contributed by atoms with Gasteiger partial charge in [-0.05, 0) is 114 Å². The first-order chi connectivity index (χ1) is 32.4.